The molecule has 9 heteroatoms. The zero-order valence-corrected chi connectivity index (χ0v) is 13.8. The highest BCUT2D eigenvalue weighted by Gasteiger charge is 2.23. The minimum atomic E-state index is -0.961. The van der Waals surface area contributed by atoms with E-state index in [2.05, 4.69) is 5.10 Å². The zero-order valence-electron chi connectivity index (χ0n) is 13.8. The van der Waals surface area contributed by atoms with E-state index in [1.807, 2.05) is 13.8 Å². The number of carbonyl (C=O) groups is 2. The molecule has 0 radical (unpaired) electrons. The summed E-state index contributed by atoms with van der Waals surface area (Å²) in [4.78, 5) is 34.9. The van der Waals surface area contributed by atoms with Crippen LogP contribution in [0.5, 0.6) is 0 Å². The Morgan fingerprint density at radius 3 is 2.39 bits per heavy atom. The highest BCUT2D eigenvalue weighted by molar-refractivity contribution is 5.77. The van der Waals surface area contributed by atoms with Gasteiger partial charge < -0.3 is 10.0 Å². The van der Waals surface area contributed by atoms with Gasteiger partial charge in [0.05, 0.1) is 17.9 Å². The highest BCUT2D eigenvalue weighted by Crippen LogP contribution is 2.22. The molecule has 0 spiro atoms. The standard InChI is InChI=1S/C14H22N4O5/c1-9(2)16(7-6-13(20)21)12(19)5-8-17-11(4)14(18(22)23)10(3)15-17/h9H,5-8H2,1-4H3,(H,20,21). The lowest BCUT2D eigenvalue weighted by atomic mass is 10.2. The largest absolute Gasteiger partial charge is 0.481 e. The first kappa shape index (κ1) is 18.6. The molecule has 0 aromatic carbocycles. The number of aliphatic carboxylic acids is 1. The fraction of sp³-hybridized carbons (Fsp3) is 0.643. The average Bonchev–Trinajstić information content (AvgIpc) is 2.70. The second-order valence-electron chi connectivity index (χ2n) is 5.57. The number of carboxylic acids is 1. The van der Waals surface area contributed by atoms with Gasteiger partial charge in [-0.05, 0) is 27.7 Å². The Kier molecular flexibility index (Phi) is 6.23. The molecule has 9 nitrogen and oxygen atoms in total. The highest BCUT2D eigenvalue weighted by atomic mass is 16.6. The Labute approximate surface area is 134 Å². The van der Waals surface area contributed by atoms with Crippen molar-refractivity contribution < 1.29 is 19.6 Å². The molecule has 0 fully saturated rings. The van der Waals surface area contributed by atoms with Crippen molar-refractivity contribution in [2.45, 2.75) is 53.1 Å². The molecular weight excluding hydrogens is 304 g/mol. The lowest BCUT2D eigenvalue weighted by Crippen LogP contribution is -2.38. The molecule has 1 amide bonds. The van der Waals surface area contributed by atoms with Crippen LogP contribution in [-0.4, -0.2) is 49.2 Å². The summed E-state index contributed by atoms with van der Waals surface area (Å²) in [5.74, 6) is -1.16. The molecule has 0 saturated carbocycles. The van der Waals surface area contributed by atoms with Gasteiger partial charge >= 0.3 is 11.7 Å². The summed E-state index contributed by atoms with van der Waals surface area (Å²) in [7, 11) is 0. The van der Waals surface area contributed by atoms with Crippen LogP contribution in [0.25, 0.3) is 0 Å². The van der Waals surface area contributed by atoms with E-state index < -0.39 is 10.9 Å². The van der Waals surface area contributed by atoms with E-state index in [-0.39, 0.29) is 43.6 Å². The van der Waals surface area contributed by atoms with Crippen molar-refractivity contribution >= 4 is 17.6 Å². The van der Waals surface area contributed by atoms with Gasteiger partial charge in [-0.2, -0.15) is 5.10 Å². The number of nitrogens with zero attached hydrogens (tertiary/aromatic N) is 4. The normalized spacial score (nSPS) is 10.8. The summed E-state index contributed by atoms with van der Waals surface area (Å²) in [6.07, 6.45) is -0.00773. The second kappa shape index (κ2) is 7.70. The van der Waals surface area contributed by atoms with Crippen LogP contribution < -0.4 is 0 Å². The van der Waals surface area contributed by atoms with E-state index in [1.165, 1.54) is 9.58 Å². The molecule has 1 heterocycles. The Morgan fingerprint density at radius 1 is 1.35 bits per heavy atom. The molecule has 0 unspecified atom stereocenters. The van der Waals surface area contributed by atoms with Crippen molar-refractivity contribution in [2.75, 3.05) is 6.54 Å². The number of carbonyl (C=O) groups excluding carboxylic acids is 1. The number of hydrogen-bond donors (Lipinski definition) is 1. The number of rotatable bonds is 8. The molecule has 0 bridgehead atoms. The molecule has 0 aliphatic rings. The molecule has 0 saturated heterocycles. The van der Waals surface area contributed by atoms with Crippen LogP contribution >= 0.6 is 0 Å². The third-order valence-electron chi connectivity index (χ3n) is 3.57. The van der Waals surface area contributed by atoms with Crippen LogP contribution in [0.3, 0.4) is 0 Å². The van der Waals surface area contributed by atoms with E-state index in [4.69, 9.17) is 5.11 Å². The summed E-state index contributed by atoms with van der Waals surface area (Å²) in [6, 6.07) is -0.114. The van der Waals surface area contributed by atoms with Crippen molar-refractivity contribution in [1.29, 1.82) is 0 Å². The molecule has 23 heavy (non-hydrogen) atoms. The maximum atomic E-state index is 12.3. The van der Waals surface area contributed by atoms with Gasteiger partial charge in [-0.1, -0.05) is 0 Å². The van der Waals surface area contributed by atoms with Gasteiger partial charge in [0.25, 0.3) is 0 Å². The fourth-order valence-corrected chi connectivity index (χ4v) is 2.40. The molecule has 1 rings (SSSR count). The first-order valence-electron chi connectivity index (χ1n) is 7.34. The number of amides is 1. The van der Waals surface area contributed by atoms with Gasteiger partial charge in [0.2, 0.25) is 5.91 Å². The van der Waals surface area contributed by atoms with Crippen molar-refractivity contribution in [3.63, 3.8) is 0 Å². The quantitative estimate of drug-likeness (QED) is 0.571. The van der Waals surface area contributed by atoms with Crippen LogP contribution in [-0.2, 0) is 16.1 Å². The summed E-state index contributed by atoms with van der Waals surface area (Å²) in [5, 5.41) is 23.8. The zero-order chi connectivity index (χ0) is 17.7. The van der Waals surface area contributed by atoms with E-state index in [0.717, 1.165) is 0 Å². The molecule has 1 aromatic heterocycles. The predicted molar refractivity (Wildman–Crippen MR) is 82.1 cm³/mol. The van der Waals surface area contributed by atoms with Gasteiger partial charge in [-0.15, -0.1) is 0 Å². The van der Waals surface area contributed by atoms with Crippen molar-refractivity contribution in [1.82, 2.24) is 14.7 Å². The Morgan fingerprint density at radius 2 is 1.96 bits per heavy atom. The van der Waals surface area contributed by atoms with Crippen LogP contribution in [0.1, 0.15) is 38.1 Å². The first-order valence-corrected chi connectivity index (χ1v) is 7.34. The minimum absolute atomic E-state index is 0.0379. The average molecular weight is 326 g/mol. The van der Waals surface area contributed by atoms with Gasteiger partial charge in [0.15, 0.2) is 0 Å². The number of hydrogen-bond acceptors (Lipinski definition) is 5. The Hall–Kier alpha value is -2.45. The topological polar surface area (TPSA) is 119 Å². The third-order valence-corrected chi connectivity index (χ3v) is 3.57. The summed E-state index contributed by atoms with van der Waals surface area (Å²) < 4.78 is 1.45. The Bertz CT molecular complexity index is 609. The molecular formula is C14H22N4O5. The van der Waals surface area contributed by atoms with Gasteiger partial charge in [0.1, 0.15) is 11.4 Å². The maximum absolute atomic E-state index is 12.3. The molecule has 0 aliphatic heterocycles. The number of carboxylic acid groups (broad SMARTS) is 1. The SMILES string of the molecule is Cc1nn(CCC(=O)N(CCC(=O)O)C(C)C)c(C)c1[N+](=O)[O-]. The lowest BCUT2D eigenvalue weighted by molar-refractivity contribution is -0.386. The van der Waals surface area contributed by atoms with Crippen LogP contribution in [0.2, 0.25) is 0 Å². The third kappa shape index (κ3) is 4.76. The first-order chi connectivity index (χ1) is 10.6. The monoisotopic (exact) mass is 326 g/mol. The van der Waals surface area contributed by atoms with E-state index >= 15 is 0 Å². The minimum Gasteiger partial charge on any atom is -0.481 e. The molecule has 128 valence electrons. The second-order valence-corrected chi connectivity index (χ2v) is 5.57. The van der Waals surface area contributed by atoms with Crippen LogP contribution in [0, 0.1) is 24.0 Å². The Balaban J connectivity index is 2.76. The number of aromatic nitrogens is 2. The van der Waals surface area contributed by atoms with Gasteiger partial charge in [-0.25, -0.2) is 0 Å². The van der Waals surface area contributed by atoms with Gasteiger partial charge in [0, 0.05) is 19.0 Å². The van der Waals surface area contributed by atoms with Crippen LogP contribution in [0.15, 0.2) is 0 Å². The number of nitro groups is 1. The lowest BCUT2D eigenvalue weighted by Gasteiger charge is -2.26. The summed E-state index contributed by atoms with van der Waals surface area (Å²) in [6.45, 7) is 7.13. The van der Waals surface area contributed by atoms with Crippen molar-refractivity contribution in [2.24, 2.45) is 0 Å². The predicted octanol–water partition coefficient (Wildman–Crippen LogP) is 1.51. The van der Waals surface area contributed by atoms with E-state index in [0.29, 0.717) is 11.4 Å². The van der Waals surface area contributed by atoms with Crippen molar-refractivity contribution in [3.8, 4) is 0 Å². The molecule has 1 aromatic rings. The van der Waals surface area contributed by atoms with Crippen LogP contribution in [0.4, 0.5) is 5.69 Å². The maximum Gasteiger partial charge on any atom is 0.312 e. The van der Waals surface area contributed by atoms with Crippen molar-refractivity contribution in [3.05, 3.63) is 21.5 Å². The van der Waals surface area contributed by atoms with E-state index in [9.17, 15) is 19.7 Å². The van der Waals surface area contributed by atoms with Gasteiger partial charge in [-0.3, -0.25) is 24.4 Å². The molecule has 0 atom stereocenters. The fourth-order valence-electron chi connectivity index (χ4n) is 2.40. The molecule has 1 N–H and O–H groups in total. The molecule has 0 aliphatic carbocycles. The van der Waals surface area contributed by atoms with E-state index in [1.54, 1.807) is 13.8 Å². The summed E-state index contributed by atoms with van der Waals surface area (Å²) in [5.41, 5.74) is 0.678. The smallest absolute Gasteiger partial charge is 0.312 e. The number of aryl methyl sites for hydroxylation is 2. The summed E-state index contributed by atoms with van der Waals surface area (Å²) >= 11 is 0.